The Morgan fingerprint density at radius 2 is 1.68 bits per heavy atom. The second kappa shape index (κ2) is 8.54. The Hall–Kier alpha value is -1.79. The lowest BCUT2D eigenvalue weighted by molar-refractivity contribution is -0.119. The molecule has 2 rings (SSSR count). The highest BCUT2D eigenvalue weighted by atomic mass is 32.2. The Morgan fingerprint density at radius 1 is 1.08 bits per heavy atom. The zero-order valence-electron chi connectivity index (χ0n) is 14.7. The van der Waals surface area contributed by atoms with E-state index < -0.39 is 9.84 Å². The first-order chi connectivity index (χ1) is 11.8. The molecule has 6 heteroatoms. The van der Waals surface area contributed by atoms with Crippen LogP contribution in [0.2, 0.25) is 0 Å². The first-order valence-corrected chi connectivity index (χ1v) is 11.0. The van der Waals surface area contributed by atoms with Crippen molar-refractivity contribution in [3.05, 3.63) is 59.7 Å². The van der Waals surface area contributed by atoms with E-state index in [2.05, 4.69) is 5.32 Å². The molecule has 0 radical (unpaired) electrons. The van der Waals surface area contributed by atoms with Crippen LogP contribution in [0.5, 0.6) is 0 Å². The molecule has 0 unspecified atom stereocenters. The van der Waals surface area contributed by atoms with Crippen LogP contribution in [0.1, 0.15) is 30.5 Å². The third kappa shape index (κ3) is 5.90. The van der Waals surface area contributed by atoms with Crippen molar-refractivity contribution in [2.24, 2.45) is 0 Å². The van der Waals surface area contributed by atoms with Gasteiger partial charge in [-0.2, -0.15) is 0 Å². The summed E-state index contributed by atoms with van der Waals surface area (Å²) in [7, 11) is -3.21. The van der Waals surface area contributed by atoms with Crippen molar-refractivity contribution < 1.29 is 13.2 Å². The molecule has 0 aromatic heterocycles. The van der Waals surface area contributed by atoms with Gasteiger partial charge in [0.2, 0.25) is 5.91 Å². The Bertz CT molecular complexity index is 813. The molecule has 1 amide bonds. The van der Waals surface area contributed by atoms with Crippen LogP contribution < -0.4 is 5.32 Å². The average molecular weight is 378 g/mol. The predicted molar refractivity (Wildman–Crippen MR) is 103 cm³/mol. The molecule has 1 atom stereocenters. The van der Waals surface area contributed by atoms with Gasteiger partial charge in [0.05, 0.1) is 16.7 Å². The normalized spacial score (nSPS) is 12.6. The van der Waals surface area contributed by atoms with E-state index in [0.29, 0.717) is 5.75 Å². The molecule has 0 aliphatic rings. The van der Waals surface area contributed by atoms with Crippen molar-refractivity contribution in [1.82, 2.24) is 5.32 Å². The number of nitrogens with one attached hydrogen (secondary N) is 1. The van der Waals surface area contributed by atoms with E-state index >= 15 is 0 Å². The van der Waals surface area contributed by atoms with Crippen LogP contribution in [-0.2, 0) is 14.6 Å². The molecule has 25 heavy (non-hydrogen) atoms. The van der Waals surface area contributed by atoms with Gasteiger partial charge in [-0.25, -0.2) is 8.42 Å². The fourth-order valence-corrected chi connectivity index (χ4v) is 3.73. The first-order valence-electron chi connectivity index (χ1n) is 8.08. The van der Waals surface area contributed by atoms with Crippen molar-refractivity contribution in [2.45, 2.75) is 36.1 Å². The van der Waals surface area contributed by atoms with Crippen molar-refractivity contribution in [1.29, 1.82) is 0 Å². The van der Waals surface area contributed by atoms with Crippen LogP contribution in [0.15, 0.2) is 58.3 Å². The van der Waals surface area contributed by atoms with E-state index in [9.17, 15) is 13.2 Å². The van der Waals surface area contributed by atoms with E-state index in [1.807, 2.05) is 38.1 Å². The van der Waals surface area contributed by atoms with Gasteiger partial charge in [-0.05, 0) is 43.2 Å². The Labute approximate surface area is 154 Å². The van der Waals surface area contributed by atoms with E-state index in [-0.39, 0.29) is 16.8 Å². The lowest BCUT2D eigenvalue weighted by atomic mass is 10.0. The van der Waals surface area contributed by atoms with Gasteiger partial charge in [0.1, 0.15) is 0 Å². The maximum absolute atomic E-state index is 12.2. The number of hydrogen-bond acceptors (Lipinski definition) is 4. The minimum absolute atomic E-state index is 0.0374. The largest absolute Gasteiger partial charge is 0.349 e. The van der Waals surface area contributed by atoms with E-state index in [1.165, 1.54) is 23.6 Å². The van der Waals surface area contributed by atoms with Crippen molar-refractivity contribution >= 4 is 27.5 Å². The highest BCUT2D eigenvalue weighted by Crippen LogP contribution is 2.21. The third-order valence-corrected chi connectivity index (χ3v) is 5.99. The molecule has 0 aliphatic carbocycles. The minimum Gasteiger partial charge on any atom is -0.349 e. The van der Waals surface area contributed by atoms with E-state index in [0.717, 1.165) is 16.9 Å². The standard InChI is InChI=1S/C19H23NO3S2/c1-4-18(15-7-11-17(12-8-15)25(3,22)23)20-19(21)13-24-16-9-5-14(2)6-10-16/h5-12,18H,4,13H2,1-3H3,(H,20,21)/t18-/m0/s1. The summed E-state index contributed by atoms with van der Waals surface area (Å²) < 4.78 is 23.1. The lowest BCUT2D eigenvalue weighted by Gasteiger charge is -2.17. The molecule has 2 aromatic carbocycles. The van der Waals surface area contributed by atoms with Gasteiger partial charge in [0.15, 0.2) is 9.84 Å². The van der Waals surface area contributed by atoms with Crippen molar-refractivity contribution in [2.75, 3.05) is 12.0 Å². The van der Waals surface area contributed by atoms with Gasteiger partial charge in [0.25, 0.3) is 0 Å². The number of rotatable bonds is 7. The molecule has 2 aromatic rings. The van der Waals surface area contributed by atoms with Crippen molar-refractivity contribution in [3.63, 3.8) is 0 Å². The number of thioether (sulfide) groups is 1. The van der Waals surface area contributed by atoms with Gasteiger partial charge >= 0.3 is 0 Å². The smallest absolute Gasteiger partial charge is 0.230 e. The van der Waals surface area contributed by atoms with Crippen LogP contribution in [0.25, 0.3) is 0 Å². The SMILES string of the molecule is CC[C@H](NC(=O)CSc1ccc(C)cc1)c1ccc(S(C)(=O)=O)cc1. The Morgan fingerprint density at radius 3 is 2.20 bits per heavy atom. The molecular formula is C19H23NO3S2. The minimum atomic E-state index is -3.21. The number of aryl methyl sites for hydroxylation is 1. The summed E-state index contributed by atoms with van der Waals surface area (Å²) in [6.07, 6.45) is 1.92. The zero-order chi connectivity index (χ0) is 18.4. The highest BCUT2D eigenvalue weighted by Gasteiger charge is 2.14. The molecule has 0 heterocycles. The van der Waals surface area contributed by atoms with Crippen molar-refractivity contribution in [3.8, 4) is 0 Å². The lowest BCUT2D eigenvalue weighted by Crippen LogP contribution is -2.29. The summed E-state index contributed by atoms with van der Waals surface area (Å²) >= 11 is 1.50. The van der Waals surface area contributed by atoms with Gasteiger partial charge in [-0.3, -0.25) is 4.79 Å². The molecular weight excluding hydrogens is 354 g/mol. The van der Waals surface area contributed by atoms with Crippen LogP contribution in [0.4, 0.5) is 0 Å². The van der Waals surface area contributed by atoms with Crippen LogP contribution in [0.3, 0.4) is 0 Å². The molecule has 4 nitrogen and oxygen atoms in total. The number of carbonyl (C=O) groups excluding carboxylic acids is 1. The van der Waals surface area contributed by atoms with Crippen LogP contribution in [0, 0.1) is 6.92 Å². The summed E-state index contributed by atoms with van der Waals surface area (Å²) in [6, 6.07) is 14.6. The van der Waals surface area contributed by atoms with Crippen LogP contribution >= 0.6 is 11.8 Å². The number of amides is 1. The summed E-state index contributed by atoms with van der Waals surface area (Å²) in [5.74, 6) is 0.311. The quantitative estimate of drug-likeness (QED) is 0.746. The molecule has 0 saturated carbocycles. The summed E-state index contributed by atoms with van der Waals surface area (Å²) in [5, 5.41) is 3.01. The molecule has 0 bridgehead atoms. The van der Waals surface area contributed by atoms with Gasteiger partial charge in [0, 0.05) is 11.2 Å². The van der Waals surface area contributed by atoms with E-state index in [4.69, 9.17) is 0 Å². The molecule has 134 valence electrons. The Balaban J connectivity index is 1.96. The van der Waals surface area contributed by atoms with E-state index in [1.54, 1.807) is 24.3 Å². The highest BCUT2D eigenvalue weighted by molar-refractivity contribution is 8.00. The zero-order valence-corrected chi connectivity index (χ0v) is 16.3. The summed E-state index contributed by atoms with van der Waals surface area (Å²) in [5.41, 5.74) is 2.10. The summed E-state index contributed by atoms with van der Waals surface area (Å²) in [6.45, 7) is 4.02. The fraction of sp³-hybridized carbons (Fsp3) is 0.316. The predicted octanol–water partition coefficient (Wildman–Crippen LogP) is 3.76. The number of sulfone groups is 1. The van der Waals surface area contributed by atoms with Gasteiger partial charge in [-0.1, -0.05) is 36.8 Å². The topological polar surface area (TPSA) is 63.2 Å². The maximum Gasteiger partial charge on any atom is 0.230 e. The molecule has 1 N–H and O–H groups in total. The van der Waals surface area contributed by atoms with Gasteiger partial charge < -0.3 is 5.32 Å². The fourth-order valence-electron chi connectivity index (χ4n) is 2.39. The van der Waals surface area contributed by atoms with Gasteiger partial charge in [-0.15, -0.1) is 11.8 Å². The Kier molecular flexibility index (Phi) is 6.67. The second-order valence-electron chi connectivity index (χ2n) is 5.97. The maximum atomic E-state index is 12.2. The second-order valence-corrected chi connectivity index (χ2v) is 9.04. The number of carbonyl (C=O) groups is 1. The molecule has 0 aliphatic heterocycles. The monoisotopic (exact) mass is 377 g/mol. The molecule has 0 fully saturated rings. The molecule has 0 spiro atoms. The number of hydrogen-bond donors (Lipinski definition) is 1. The van der Waals surface area contributed by atoms with Crippen LogP contribution in [-0.4, -0.2) is 26.3 Å². The third-order valence-electron chi connectivity index (χ3n) is 3.85. The first kappa shape index (κ1) is 19.5. The number of benzene rings is 2. The summed E-state index contributed by atoms with van der Waals surface area (Å²) in [4.78, 5) is 13.6. The molecule has 0 saturated heterocycles. The average Bonchev–Trinajstić information content (AvgIpc) is 2.58.